The fourth-order valence-corrected chi connectivity index (χ4v) is 2.69. The lowest BCUT2D eigenvalue weighted by molar-refractivity contribution is 0.895. The number of halogens is 1. The molecule has 1 nitrogen and oxygen atoms in total. The van der Waals surface area contributed by atoms with Crippen LogP contribution in [-0.4, -0.2) is 6.54 Å². The Morgan fingerprint density at radius 1 is 1.31 bits per heavy atom. The largest absolute Gasteiger partial charge is 0.330 e. The lowest BCUT2D eigenvalue weighted by Crippen LogP contribution is -2.05. The fourth-order valence-electron chi connectivity index (χ4n) is 2.13. The molecule has 0 atom stereocenters. The first-order chi connectivity index (χ1) is 6.31. The van der Waals surface area contributed by atoms with Crippen molar-refractivity contribution >= 4 is 15.9 Å². The highest BCUT2D eigenvalue weighted by Gasteiger charge is 2.14. The molecule has 0 heterocycles. The highest BCUT2D eigenvalue weighted by atomic mass is 79.9. The molecule has 0 aliphatic heterocycles. The molecule has 0 spiro atoms. The quantitative estimate of drug-likeness (QED) is 0.844. The van der Waals surface area contributed by atoms with Crippen LogP contribution in [-0.2, 0) is 19.3 Å². The van der Waals surface area contributed by atoms with Crippen molar-refractivity contribution in [2.24, 2.45) is 5.73 Å². The lowest BCUT2D eigenvalue weighted by atomic mass is 10.0. The van der Waals surface area contributed by atoms with E-state index < -0.39 is 0 Å². The second-order valence-corrected chi connectivity index (χ2v) is 4.51. The summed E-state index contributed by atoms with van der Waals surface area (Å²) >= 11 is 3.54. The van der Waals surface area contributed by atoms with Crippen molar-refractivity contribution < 1.29 is 0 Å². The van der Waals surface area contributed by atoms with Crippen LogP contribution in [0.5, 0.6) is 0 Å². The Hall–Kier alpha value is -0.340. The molecule has 1 aliphatic rings. The van der Waals surface area contributed by atoms with E-state index in [9.17, 15) is 0 Å². The smallest absolute Gasteiger partial charge is 0.0180 e. The summed E-state index contributed by atoms with van der Waals surface area (Å²) in [6.45, 7) is 0.753. The molecule has 0 fully saturated rings. The van der Waals surface area contributed by atoms with Gasteiger partial charge in [0.2, 0.25) is 0 Å². The zero-order valence-electron chi connectivity index (χ0n) is 7.65. The Bertz CT molecular complexity index is 320. The van der Waals surface area contributed by atoms with Gasteiger partial charge in [-0.3, -0.25) is 0 Å². The molecule has 0 saturated carbocycles. The summed E-state index contributed by atoms with van der Waals surface area (Å²) in [6, 6.07) is 4.47. The molecule has 0 bridgehead atoms. The van der Waals surface area contributed by atoms with Crippen LogP contribution in [0.4, 0.5) is 0 Å². The van der Waals surface area contributed by atoms with Crippen LogP contribution in [0.1, 0.15) is 23.1 Å². The standard InChI is InChI=1S/C11H14BrN/c12-10-6-8-2-1-3-11(8)9(7-10)4-5-13/h6-7H,1-5,13H2. The van der Waals surface area contributed by atoms with Crippen LogP contribution < -0.4 is 5.73 Å². The Morgan fingerprint density at radius 2 is 2.15 bits per heavy atom. The van der Waals surface area contributed by atoms with Gasteiger partial charge in [-0.25, -0.2) is 0 Å². The van der Waals surface area contributed by atoms with Crippen molar-refractivity contribution in [3.8, 4) is 0 Å². The third kappa shape index (κ3) is 1.79. The maximum atomic E-state index is 5.59. The lowest BCUT2D eigenvalue weighted by Gasteiger charge is -2.08. The second-order valence-electron chi connectivity index (χ2n) is 3.59. The first-order valence-electron chi connectivity index (χ1n) is 4.81. The third-order valence-corrected chi connectivity index (χ3v) is 3.14. The van der Waals surface area contributed by atoms with Gasteiger partial charge in [0.15, 0.2) is 0 Å². The second kappa shape index (κ2) is 3.81. The summed E-state index contributed by atoms with van der Waals surface area (Å²) in [4.78, 5) is 0. The molecule has 1 aromatic rings. The fraction of sp³-hybridized carbons (Fsp3) is 0.455. The minimum Gasteiger partial charge on any atom is -0.330 e. The van der Waals surface area contributed by atoms with Crippen LogP contribution in [0.2, 0.25) is 0 Å². The normalized spacial score (nSPS) is 14.6. The van der Waals surface area contributed by atoms with E-state index in [2.05, 4.69) is 28.1 Å². The number of aryl methyl sites for hydroxylation is 1. The maximum absolute atomic E-state index is 5.59. The molecule has 0 radical (unpaired) electrons. The molecule has 70 valence electrons. The molecule has 0 amide bonds. The predicted molar refractivity (Wildman–Crippen MR) is 58.9 cm³/mol. The van der Waals surface area contributed by atoms with Gasteiger partial charge in [0, 0.05) is 4.47 Å². The van der Waals surface area contributed by atoms with E-state index >= 15 is 0 Å². The molecule has 13 heavy (non-hydrogen) atoms. The van der Waals surface area contributed by atoms with Crippen molar-refractivity contribution in [1.29, 1.82) is 0 Å². The number of hydrogen-bond donors (Lipinski definition) is 1. The minimum atomic E-state index is 0.753. The van der Waals surface area contributed by atoms with Gasteiger partial charge in [-0.05, 0) is 61.1 Å². The topological polar surface area (TPSA) is 26.0 Å². The van der Waals surface area contributed by atoms with E-state index in [1.807, 2.05) is 0 Å². The molecule has 2 N–H and O–H groups in total. The van der Waals surface area contributed by atoms with Gasteiger partial charge in [-0.1, -0.05) is 15.9 Å². The molecular weight excluding hydrogens is 226 g/mol. The summed E-state index contributed by atoms with van der Waals surface area (Å²) in [5, 5.41) is 0. The van der Waals surface area contributed by atoms with Crippen LogP contribution >= 0.6 is 15.9 Å². The third-order valence-electron chi connectivity index (χ3n) is 2.69. The highest BCUT2D eigenvalue weighted by molar-refractivity contribution is 9.10. The monoisotopic (exact) mass is 239 g/mol. The Morgan fingerprint density at radius 3 is 2.92 bits per heavy atom. The summed E-state index contributed by atoms with van der Waals surface area (Å²) in [7, 11) is 0. The first kappa shape index (κ1) is 9.22. The van der Waals surface area contributed by atoms with Crippen LogP contribution in [0.3, 0.4) is 0 Å². The van der Waals surface area contributed by atoms with E-state index in [4.69, 9.17) is 5.73 Å². The molecule has 2 rings (SSSR count). The number of hydrogen-bond acceptors (Lipinski definition) is 1. The van der Waals surface area contributed by atoms with E-state index in [1.54, 1.807) is 5.56 Å². The maximum Gasteiger partial charge on any atom is 0.0180 e. The van der Waals surface area contributed by atoms with Crippen molar-refractivity contribution in [1.82, 2.24) is 0 Å². The zero-order valence-corrected chi connectivity index (χ0v) is 9.23. The Labute approximate surface area is 87.5 Å². The molecular formula is C11H14BrN. The van der Waals surface area contributed by atoms with Crippen molar-refractivity contribution in [3.63, 3.8) is 0 Å². The summed E-state index contributed by atoms with van der Waals surface area (Å²) in [5.74, 6) is 0. The van der Waals surface area contributed by atoms with Gasteiger partial charge in [-0.2, -0.15) is 0 Å². The van der Waals surface area contributed by atoms with Gasteiger partial charge in [0.05, 0.1) is 0 Å². The predicted octanol–water partition coefficient (Wildman–Crippen LogP) is 2.44. The van der Waals surface area contributed by atoms with Gasteiger partial charge in [-0.15, -0.1) is 0 Å². The molecule has 1 aromatic carbocycles. The SMILES string of the molecule is NCCc1cc(Br)cc2c1CCC2. The van der Waals surface area contributed by atoms with E-state index in [1.165, 1.54) is 34.9 Å². The molecule has 1 aliphatic carbocycles. The van der Waals surface area contributed by atoms with Gasteiger partial charge < -0.3 is 5.73 Å². The Balaban J connectivity index is 2.43. The molecule has 2 heteroatoms. The summed E-state index contributed by atoms with van der Waals surface area (Å²) in [6.07, 6.45) is 4.81. The highest BCUT2D eigenvalue weighted by Crippen LogP contribution is 2.29. The van der Waals surface area contributed by atoms with Gasteiger partial charge in [0.25, 0.3) is 0 Å². The molecule has 0 unspecified atom stereocenters. The van der Waals surface area contributed by atoms with Crippen LogP contribution in [0.25, 0.3) is 0 Å². The number of benzene rings is 1. The van der Waals surface area contributed by atoms with Crippen molar-refractivity contribution in [2.45, 2.75) is 25.7 Å². The minimum absolute atomic E-state index is 0.753. The first-order valence-corrected chi connectivity index (χ1v) is 5.61. The molecule has 0 saturated heterocycles. The van der Waals surface area contributed by atoms with Crippen LogP contribution in [0.15, 0.2) is 16.6 Å². The number of fused-ring (bicyclic) bond motifs is 1. The van der Waals surface area contributed by atoms with Gasteiger partial charge >= 0.3 is 0 Å². The molecule has 0 aromatic heterocycles. The average molecular weight is 240 g/mol. The van der Waals surface area contributed by atoms with E-state index in [-0.39, 0.29) is 0 Å². The van der Waals surface area contributed by atoms with E-state index in [0.29, 0.717) is 0 Å². The number of nitrogens with two attached hydrogens (primary N) is 1. The van der Waals surface area contributed by atoms with Crippen molar-refractivity contribution in [3.05, 3.63) is 33.3 Å². The van der Waals surface area contributed by atoms with Crippen molar-refractivity contribution in [2.75, 3.05) is 6.54 Å². The summed E-state index contributed by atoms with van der Waals surface area (Å²) in [5.41, 5.74) is 10.1. The van der Waals surface area contributed by atoms with Crippen LogP contribution in [0, 0.1) is 0 Å². The number of rotatable bonds is 2. The summed E-state index contributed by atoms with van der Waals surface area (Å²) < 4.78 is 1.21. The average Bonchev–Trinajstić information content (AvgIpc) is 2.52. The Kier molecular flexibility index (Phi) is 2.70. The van der Waals surface area contributed by atoms with E-state index in [0.717, 1.165) is 13.0 Å². The van der Waals surface area contributed by atoms with Gasteiger partial charge in [0.1, 0.15) is 0 Å². The zero-order chi connectivity index (χ0) is 9.26.